The van der Waals surface area contributed by atoms with Gasteiger partial charge in [0.25, 0.3) is 0 Å². The van der Waals surface area contributed by atoms with Gasteiger partial charge in [0.2, 0.25) is 0 Å². The first kappa shape index (κ1) is 15.8. The van der Waals surface area contributed by atoms with Crippen molar-refractivity contribution >= 4 is 18.1 Å². The molecule has 0 saturated carbocycles. The summed E-state index contributed by atoms with van der Waals surface area (Å²) >= 11 is 0. The second-order valence-corrected chi connectivity index (χ2v) is 5.91. The molecule has 0 saturated heterocycles. The number of furan rings is 1. The molecule has 5 nitrogen and oxygen atoms in total. The number of amides is 1. The molecule has 0 fully saturated rings. The Hall–Kier alpha value is -2.56. The highest BCUT2D eigenvalue weighted by molar-refractivity contribution is 5.88. The molecule has 0 spiro atoms. The number of aldehydes is 1. The number of rotatable bonds is 3. The highest BCUT2D eigenvalue weighted by Crippen LogP contribution is 2.26. The molecule has 0 bridgehead atoms. The smallest absolute Gasteiger partial charge is 0.414 e. The maximum atomic E-state index is 12.1. The van der Waals surface area contributed by atoms with Crippen LogP contribution in [0.4, 0.5) is 10.5 Å². The van der Waals surface area contributed by atoms with Crippen LogP contribution < -0.4 is 4.90 Å². The first-order chi connectivity index (χ1) is 10.3. The molecule has 0 atom stereocenters. The van der Waals surface area contributed by atoms with Gasteiger partial charge in [-0.2, -0.15) is 0 Å². The highest BCUT2D eigenvalue weighted by Gasteiger charge is 2.20. The Morgan fingerprint density at radius 3 is 2.55 bits per heavy atom. The molecular weight excluding hydrogens is 282 g/mol. The van der Waals surface area contributed by atoms with Crippen LogP contribution in [0.15, 0.2) is 40.8 Å². The van der Waals surface area contributed by atoms with Crippen molar-refractivity contribution in [3.8, 4) is 11.3 Å². The molecule has 2 aromatic rings. The number of hydrogen-bond acceptors (Lipinski definition) is 4. The number of carbonyl (C=O) groups excluding carboxylic acids is 2. The summed E-state index contributed by atoms with van der Waals surface area (Å²) in [5.41, 5.74) is 0.903. The molecule has 0 radical (unpaired) electrons. The molecule has 2 rings (SSSR count). The molecular formula is C17H19NO4. The van der Waals surface area contributed by atoms with Crippen LogP contribution in [0.25, 0.3) is 11.3 Å². The Morgan fingerprint density at radius 1 is 1.23 bits per heavy atom. The number of ether oxygens (including phenoxy) is 1. The van der Waals surface area contributed by atoms with Gasteiger partial charge in [0.05, 0.1) is 0 Å². The van der Waals surface area contributed by atoms with Gasteiger partial charge in [-0.1, -0.05) is 12.1 Å². The summed E-state index contributed by atoms with van der Waals surface area (Å²) in [7, 11) is 1.65. The SMILES string of the molecule is CN(C(=O)OC(C)(C)C)c1cccc(-c2ccc(C=O)o2)c1. The Morgan fingerprint density at radius 2 is 1.95 bits per heavy atom. The topological polar surface area (TPSA) is 59.8 Å². The van der Waals surface area contributed by atoms with Crippen molar-refractivity contribution in [2.45, 2.75) is 26.4 Å². The number of anilines is 1. The van der Waals surface area contributed by atoms with E-state index in [0.717, 1.165) is 5.56 Å². The van der Waals surface area contributed by atoms with Crippen molar-refractivity contribution in [2.24, 2.45) is 0 Å². The zero-order chi connectivity index (χ0) is 16.3. The van der Waals surface area contributed by atoms with E-state index in [2.05, 4.69) is 0 Å². The Balaban J connectivity index is 2.24. The summed E-state index contributed by atoms with van der Waals surface area (Å²) in [6, 6.07) is 10.6. The van der Waals surface area contributed by atoms with Gasteiger partial charge in [-0.15, -0.1) is 0 Å². The van der Waals surface area contributed by atoms with Gasteiger partial charge < -0.3 is 9.15 Å². The molecule has 0 aliphatic carbocycles. The Kier molecular flexibility index (Phi) is 4.35. The maximum Gasteiger partial charge on any atom is 0.414 e. The molecule has 116 valence electrons. The van der Waals surface area contributed by atoms with Crippen LogP contribution in [0.1, 0.15) is 31.3 Å². The van der Waals surface area contributed by atoms with Crippen molar-refractivity contribution in [3.05, 3.63) is 42.2 Å². The third-order valence-electron chi connectivity index (χ3n) is 2.93. The summed E-state index contributed by atoms with van der Waals surface area (Å²) in [5.74, 6) is 0.836. The molecule has 5 heteroatoms. The monoisotopic (exact) mass is 301 g/mol. The van der Waals surface area contributed by atoms with Crippen molar-refractivity contribution < 1.29 is 18.7 Å². The predicted octanol–water partition coefficient (Wildman–Crippen LogP) is 4.13. The van der Waals surface area contributed by atoms with Gasteiger partial charge in [-0.05, 0) is 45.0 Å². The highest BCUT2D eigenvalue weighted by atomic mass is 16.6. The zero-order valence-corrected chi connectivity index (χ0v) is 13.1. The number of carbonyl (C=O) groups is 2. The van der Waals surface area contributed by atoms with Gasteiger partial charge in [-0.25, -0.2) is 4.79 Å². The van der Waals surface area contributed by atoms with Crippen molar-refractivity contribution in [2.75, 3.05) is 11.9 Å². The minimum absolute atomic E-state index is 0.265. The Labute approximate surface area is 129 Å². The van der Waals surface area contributed by atoms with E-state index in [-0.39, 0.29) is 5.76 Å². The minimum Gasteiger partial charge on any atom is -0.453 e. The van der Waals surface area contributed by atoms with Crippen LogP contribution in [0, 0.1) is 0 Å². The van der Waals surface area contributed by atoms with Gasteiger partial charge in [0.1, 0.15) is 11.4 Å². The van der Waals surface area contributed by atoms with Gasteiger partial charge in [0.15, 0.2) is 12.0 Å². The number of nitrogens with zero attached hydrogens (tertiary/aromatic N) is 1. The minimum atomic E-state index is -0.553. The van der Waals surface area contributed by atoms with Gasteiger partial charge in [-0.3, -0.25) is 9.69 Å². The van der Waals surface area contributed by atoms with Crippen molar-refractivity contribution in [1.82, 2.24) is 0 Å². The van der Waals surface area contributed by atoms with E-state index in [9.17, 15) is 9.59 Å². The van der Waals surface area contributed by atoms with E-state index in [4.69, 9.17) is 9.15 Å². The molecule has 0 aliphatic heterocycles. The summed E-state index contributed by atoms with van der Waals surface area (Å²) < 4.78 is 10.7. The van der Waals surface area contributed by atoms with Crippen LogP contribution in [0.3, 0.4) is 0 Å². The molecule has 0 unspecified atom stereocenters. The molecule has 1 aromatic carbocycles. The molecule has 0 N–H and O–H groups in total. The molecule has 1 amide bonds. The zero-order valence-electron chi connectivity index (χ0n) is 13.1. The first-order valence-electron chi connectivity index (χ1n) is 6.92. The lowest BCUT2D eigenvalue weighted by molar-refractivity contribution is 0.0589. The molecule has 1 heterocycles. The van der Waals surface area contributed by atoms with E-state index in [1.165, 1.54) is 4.90 Å². The first-order valence-corrected chi connectivity index (χ1v) is 6.92. The van der Waals surface area contributed by atoms with E-state index in [1.807, 2.05) is 32.9 Å². The normalized spacial score (nSPS) is 11.1. The quantitative estimate of drug-likeness (QED) is 0.800. The van der Waals surface area contributed by atoms with Crippen LogP contribution in [0.2, 0.25) is 0 Å². The van der Waals surface area contributed by atoms with Crippen LogP contribution in [0.5, 0.6) is 0 Å². The Bertz CT molecular complexity index is 682. The van der Waals surface area contributed by atoms with E-state index in [1.54, 1.807) is 31.3 Å². The molecule has 1 aromatic heterocycles. The fraction of sp³-hybridized carbons (Fsp3) is 0.294. The summed E-state index contributed by atoms with van der Waals surface area (Å²) in [6.45, 7) is 5.46. The summed E-state index contributed by atoms with van der Waals surface area (Å²) in [4.78, 5) is 24.2. The van der Waals surface area contributed by atoms with E-state index in [0.29, 0.717) is 17.7 Å². The molecule has 22 heavy (non-hydrogen) atoms. The molecule has 0 aliphatic rings. The van der Waals surface area contributed by atoms with Crippen LogP contribution in [-0.2, 0) is 4.74 Å². The second kappa shape index (κ2) is 6.05. The summed E-state index contributed by atoms with van der Waals surface area (Å²) in [6.07, 6.45) is 0.220. The lowest BCUT2D eigenvalue weighted by Crippen LogP contribution is -2.34. The van der Waals surface area contributed by atoms with E-state index < -0.39 is 11.7 Å². The standard InChI is InChI=1S/C17H19NO4/c1-17(2,3)22-16(20)18(4)13-7-5-6-12(10-13)15-9-8-14(11-19)21-15/h5-11H,1-4H3. The van der Waals surface area contributed by atoms with Gasteiger partial charge in [0, 0.05) is 18.3 Å². The average molecular weight is 301 g/mol. The van der Waals surface area contributed by atoms with Crippen molar-refractivity contribution in [3.63, 3.8) is 0 Å². The van der Waals surface area contributed by atoms with Crippen molar-refractivity contribution in [1.29, 1.82) is 0 Å². The maximum absolute atomic E-state index is 12.1. The summed E-state index contributed by atoms with van der Waals surface area (Å²) in [5, 5.41) is 0. The third-order valence-corrected chi connectivity index (χ3v) is 2.93. The third kappa shape index (κ3) is 3.75. The lowest BCUT2D eigenvalue weighted by atomic mass is 10.1. The van der Waals surface area contributed by atoms with E-state index >= 15 is 0 Å². The predicted molar refractivity (Wildman–Crippen MR) is 84.2 cm³/mol. The fourth-order valence-corrected chi connectivity index (χ4v) is 1.87. The number of benzene rings is 1. The second-order valence-electron chi connectivity index (χ2n) is 5.91. The fourth-order valence-electron chi connectivity index (χ4n) is 1.87. The number of hydrogen-bond donors (Lipinski definition) is 0. The largest absolute Gasteiger partial charge is 0.453 e. The van der Waals surface area contributed by atoms with Gasteiger partial charge >= 0.3 is 6.09 Å². The van der Waals surface area contributed by atoms with Crippen LogP contribution >= 0.6 is 0 Å². The average Bonchev–Trinajstić information content (AvgIpc) is 2.94. The van der Waals surface area contributed by atoms with Crippen LogP contribution in [-0.4, -0.2) is 25.0 Å². The lowest BCUT2D eigenvalue weighted by Gasteiger charge is -2.24.